The molecule has 3 aromatic rings. The minimum absolute atomic E-state index is 0.135. The third-order valence-corrected chi connectivity index (χ3v) is 8.51. The van der Waals surface area contributed by atoms with Crippen LogP contribution < -0.4 is 19.9 Å². The molecule has 2 saturated carbocycles. The standard InChI is InChI=1S/C33H37NO4/c34-31(35)17-14-24-10-6-13-28(32(24)37-25-11-4-5-12-25)29-21-33(18-7-19-33)38-30-20-26(15-16-27(29)30)36-22-23-8-2-1-3-9-23/h1-3,6,8-10,13,15-16,20,25,29H,4-5,7,11-12,14,17-19,21-22H2,(H2,34,35). The van der Waals surface area contributed by atoms with E-state index in [-0.39, 0.29) is 23.5 Å². The number of para-hydroxylation sites is 1. The summed E-state index contributed by atoms with van der Waals surface area (Å²) in [5, 5.41) is 0. The van der Waals surface area contributed by atoms with E-state index < -0.39 is 0 Å². The number of carbonyl (C=O) groups excluding carboxylic acids is 1. The first kappa shape index (κ1) is 24.8. The van der Waals surface area contributed by atoms with Crippen LogP contribution in [0.5, 0.6) is 17.2 Å². The highest BCUT2D eigenvalue weighted by atomic mass is 16.5. The summed E-state index contributed by atoms with van der Waals surface area (Å²) in [6.07, 6.45) is 9.99. The van der Waals surface area contributed by atoms with Crippen molar-refractivity contribution in [1.29, 1.82) is 0 Å². The van der Waals surface area contributed by atoms with Gasteiger partial charge in [-0.15, -0.1) is 0 Å². The number of hydrogen-bond donors (Lipinski definition) is 1. The summed E-state index contributed by atoms with van der Waals surface area (Å²) in [5.74, 6) is 2.57. The Hall–Kier alpha value is -3.47. The molecule has 1 spiro atoms. The van der Waals surface area contributed by atoms with Crippen LogP contribution in [0.1, 0.15) is 86.0 Å². The number of nitrogens with two attached hydrogens (primary N) is 1. The number of hydrogen-bond acceptors (Lipinski definition) is 4. The maximum absolute atomic E-state index is 11.6. The Morgan fingerprint density at radius 2 is 1.76 bits per heavy atom. The first-order chi connectivity index (χ1) is 18.6. The molecular weight excluding hydrogens is 474 g/mol. The number of fused-ring (bicyclic) bond motifs is 1. The number of benzene rings is 3. The Labute approximate surface area is 225 Å². The molecule has 0 aromatic heterocycles. The topological polar surface area (TPSA) is 70.8 Å². The highest BCUT2D eigenvalue weighted by Crippen LogP contribution is 2.54. The molecule has 1 heterocycles. The van der Waals surface area contributed by atoms with E-state index in [0.29, 0.717) is 19.4 Å². The zero-order chi connectivity index (χ0) is 26.0. The zero-order valence-corrected chi connectivity index (χ0v) is 22.0. The first-order valence-electron chi connectivity index (χ1n) is 14.1. The lowest BCUT2D eigenvalue weighted by Crippen LogP contribution is -2.47. The summed E-state index contributed by atoms with van der Waals surface area (Å²) in [4.78, 5) is 11.6. The third kappa shape index (κ3) is 5.24. The fraction of sp³-hybridized carbons (Fsp3) is 0.424. The second-order valence-electron chi connectivity index (χ2n) is 11.2. The van der Waals surface area contributed by atoms with Crippen molar-refractivity contribution in [2.75, 3.05) is 0 Å². The average Bonchev–Trinajstić information content (AvgIpc) is 3.43. The zero-order valence-electron chi connectivity index (χ0n) is 22.0. The number of primary amides is 1. The van der Waals surface area contributed by atoms with E-state index in [0.717, 1.165) is 60.5 Å². The molecule has 2 N–H and O–H groups in total. The first-order valence-corrected chi connectivity index (χ1v) is 14.1. The van der Waals surface area contributed by atoms with Crippen LogP contribution in [-0.2, 0) is 17.8 Å². The Balaban J connectivity index is 1.35. The maximum Gasteiger partial charge on any atom is 0.217 e. The van der Waals surface area contributed by atoms with E-state index in [2.05, 4.69) is 48.5 Å². The van der Waals surface area contributed by atoms with Crippen LogP contribution in [0.4, 0.5) is 0 Å². The molecule has 6 rings (SSSR count). The SMILES string of the molecule is NC(=O)CCc1cccc(C2CC3(CCC3)Oc3cc(OCc4ccccc4)ccc32)c1OC1CCCC1. The van der Waals surface area contributed by atoms with Gasteiger partial charge >= 0.3 is 0 Å². The molecule has 1 atom stereocenters. The van der Waals surface area contributed by atoms with Gasteiger partial charge in [0.25, 0.3) is 0 Å². The van der Waals surface area contributed by atoms with E-state index in [1.807, 2.05) is 18.2 Å². The van der Waals surface area contributed by atoms with E-state index in [1.165, 1.54) is 30.4 Å². The highest BCUT2D eigenvalue weighted by Gasteiger charge is 2.46. The monoisotopic (exact) mass is 511 g/mol. The van der Waals surface area contributed by atoms with Gasteiger partial charge in [-0.2, -0.15) is 0 Å². The fourth-order valence-electron chi connectivity index (χ4n) is 6.28. The minimum Gasteiger partial charge on any atom is -0.490 e. The molecular formula is C33H37NO4. The number of rotatable bonds is 9. The van der Waals surface area contributed by atoms with Gasteiger partial charge in [-0.25, -0.2) is 0 Å². The van der Waals surface area contributed by atoms with Gasteiger partial charge in [-0.1, -0.05) is 54.6 Å². The van der Waals surface area contributed by atoms with E-state index >= 15 is 0 Å². The molecule has 0 radical (unpaired) electrons. The number of ether oxygens (including phenoxy) is 3. The van der Waals surface area contributed by atoms with Crippen molar-refractivity contribution in [1.82, 2.24) is 0 Å². The molecule has 5 nitrogen and oxygen atoms in total. The Bertz CT molecular complexity index is 1280. The lowest BCUT2D eigenvalue weighted by molar-refractivity contribution is -0.117. The van der Waals surface area contributed by atoms with Crippen molar-refractivity contribution in [2.45, 2.75) is 88.4 Å². The molecule has 0 saturated heterocycles. The lowest BCUT2D eigenvalue weighted by atomic mass is 9.69. The van der Waals surface area contributed by atoms with E-state index in [1.54, 1.807) is 0 Å². The largest absolute Gasteiger partial charge is 0.490 e. The Morgan fingerprint density at radius 3 is 2.50 bits per heavy atom. The Morgan fingerprint density at radius 1 is 0.947 bits per heavy atom. The van der Waals surface area contributed by atoms with Gasteiger partial charge in [-0.3, -0.25) is 4.79 Å². The third-order valence-electron chi connectivity index (χ3n) is 8.51. The van der Waals surface area contributed by atoms with Crippen LogP contribution >= 0.6 is 0 Å². The molecule has 3 aliphatic rings. The van der Waals surface area contributed by atoms with Gasteiger partial charge in [0.1, 0.15) is 29.5 Å². The molecule has 2 aliphatic carbocycles. The van der Waals surface area contributed by atoms with Crippen molar-refractivity contribution in [3.63, 3.8) is 0 Å². The van der Waals surface area contributed by atoms with Crippen LogP contribution in [-0.4, -0.2) is 17.6 Å². The molecule has 0 bridgehead atoms. The summed E-state index contributed by atoms with van der Waals surface area (Å²) in [6, 6.07) is 22.9. The van der Waals surface area contributed by atoms with Crippen LogP contribution in [0.3, 0.4) is 0 Å². The predicted molar refractivity (Wildman–Crippen MR) is 148 cm³/mol. The average molecular weight is 512 g/mol. The molecule has 1 amide bonds. The molecule has 38 heavy (non-hydrogen) atoms. The molecule has 1 unspecified atom stereocenters. The summed E-state index contributed by atoms with van der Waals surface area (Å²) < 4.78 is 19.6. The van der Waals surface area contributed by atoms with Crippen molar-refractivity contribution < 1.29 is 19.0 Å². The normalized spacial score (nSPS) is 19.8. The van der Waals surface area contributed by atoms with Gasteiger partial charge in [0.05, 0.1) is 6.10 Å². The Kier molecular flexibility index (Phi) is 7.01. The van der Waals surface area contributed by atoms with E-state index in [9.17, 15) is 4.79 Å². The maximum atomic E-state index is 11.6. The fourth-order valence-corrected chi connectivity index (χ4v) is 6.28. The lowest BCUT2D eigenvalue weighted by Gasteiger charge is -2.48. The van der Waals surface area contributed by atoms with Gasteiger partial charge in [0.15, 0.2) is 0 Å². The quantitative estimate of drug-likeness (QED) is 0.341. The van der Waals surface area contributed by atoms with Gasteiger partial charge in [0.2, 0.25) is 5.91 Å². The number of carbonyl (C=O) groups is 1. The number of amides is 1. The number of aryl methyl sites for hydroxylation is 1. The molecule has 198 valence electrons. The minimum atomic E-state index is -0.282. The molecule has 5 heteroatoms. The summed E-state index contributed by atoms with van der Waals surface area (Å²) in [6.45, 7) is 0.523. The molecule has 3 aromatic carbocycles. The second kappa shape index (κ2) is 10.7. The van der Waals surface area contributed by atoms with E-state index in [4.69, 9.17) is 19.9 Å². The van der Waals surface area contributed by atoms with Crippen LogP contribution in [0.15, 0.2) is 66.7 Å². The van der Waals surface area contributed by atoms with Crippen molar-refractivity contribution >= 4 is 5.91 Å². The van der Waals surface area contributed by atoms with Gasteiger partial charge in [-0.05, 0) is 75.0 Å². The highest BCUT2D eigenvalue weighted by molar-refractivity contribution is 5.74. The van der Waals surface area contributed by atoms with Crippen LogP contribution in [0, 0.1) is 0 Å². The molecule has 1 aliphatic heterocycles. The van der Waals surface area contributed by atoms with Crippen molar-refractivity contribution in [3.8, 4) is 17.2 Å². The van der Waals surface area contributed by atoms with Crippen molar-refractivity contribution in [3.05, 3.63) is 89.0 Å². The van der Waals surface area contributed by atoms with Gasteiger partial charge < -0.3 is 19.9 Å². The van der Waals surface area contributed by atoms with Crippen molar-refractivity contribution in [2.24, 2.45) is 5.73 Å². The second-order valence-corrected chi connectivity index (χ2v) is 11.2. The van der Waals surface area contributed by atoms with Gasteiger partial charge in [0, 0.05) is 29.5 Å². The smallest absolute Gasteiger partial charge is 0.217 e. The molecule has 2 fully saturated rings. The predicted octanol–water partition coefficient (Wildman–Crippen LogP) is 6.84. The van der Waals surface area contributed by atoms with Crippen LogP contribution in [0.2, 0.25) is 0 Å². The summed E-state index contributed by atoms with van der Waals surface area (Å²) >= 11 is 0. The van der Waals surface area contributed by atoms with Crippen LogP contribution in [0.25, 0.3) is 0 Å². The summed E-state index contributed by atoms with van der Waals surface area (Å²) in [7, 11) is 0. The summed E-state index contributed by atoms with van der Waals surface area (Å²) in [5.41, 5.74) is 9.99.